The summed E-state index contributed by atoms with van der Waals surface area (Å²) in [6.07, 6.45) is 7.00. The number of piperazine rings is 1. The standard InChI is InChI=1S/C21H30N4O4S/c1-23-11-18-9-17(23)12-24(18)30(27,28)25-15-4-5-16(25)7-13(6-15)8-20(26)19-10-21(29-22-19)14-2-3-14/h10,13-18H,2-9,11-12H2,1H3/t13?,15-,16+,17?,18?. The first-order valence-corrected chi connectivity index (χ1v) is 12.8. The SMILES string of the molecule is CN1CC2CC1CN2S(=O)(=O)N1[C@@H]2CC[C@H]1CC(CC(=O)c1cc(C3CC3)on1)C2. The molecule has 0 N–H and O–H groups in total. The van der Waals surface area contributed by atoms with Gasteiger partial charge in [-0.15, -0.1) is 0 Å². The number of carbonyl (C=O) groups excluding carboxylic acids is 1. The Kier molecular flexibility index (Phi) is 4.43. The molecule has 0 spiro atoms. The summed E-state index contributed by atoms with van der Waals surface area (Å²) in [6, 6.07) is 2.36. The highest BCUT2D eigenvalue weighted by molar-refractivity contribution is 7.86. The molecule has 0 aromatic carbocycles. The molecule has 0 amide bonds. The lowest BCUT2D eigenvalue weighted by Gasteiger charge is -2.42. The molecule has 6 rings (SSSR count). The van der Waals surface area contributed by atoms with E-state index < -0.39 is 10.2 Å². The minimum Gasteiger partial charge on any atom is -0.360 e. The number of piperidine rings is 1. The van der Waals surface area contributed by atoms with Crippen molar-refractivity contribution in [3.63, 3.8) is 0 Å². The zero-order valence-corrected chi connectivity index (χ0v) is 18.3. The average Bonchev–Trinajstić information content (AvgIpc) is 3.04. The molecule has 9 heteroatoms. The van der Waals surface area contributed by atoms with Gasteiger partial charge < -0.3 is 9.42 Å². The predicted octanol–water partition coefficient (Wildman–Crippen LogP) is 2.00. The van der Waals surface area contributed by atoms with Gasteiger partial charge in [0.1, 0.15) is 11.5 Å². The minimum absolute atomic E-state index is 0.0303. The third-order valence-electron chi connectivity index (χ3n) is 8.06. The molecule has 5 fully saturated rings. The number of carbonyl (C=O) groups is 1. The number of aromatic nitrogens is 1. The van der Waals surface area contributed by atoms with E-state index in [2.05, 4.69) is 17.1 Å². The van der Waals surface area contributed by atoms with Crippen LogP contribution in [-0.2, 0) is 10.2 Å². The molecule has 3 unspecified atom stereocenters. The smallest absolute Gasteiger partial charge is 0.282 e. The van der Waals surface area contributed by atoms with Crippen LogP contribution in [0.4, 0.5) is 0 Å². The third kappa shape index (κ3) is 3.08. The van der Waals surface area contributed by atoms with Crippen LogP contribution in [-0.4, -0.2) is 77.2 Å². The van der Waals surface area contributed by atoms with Gasteiger partial charge in [-0.3, -0.25) is 4.79 Å². The number of Topliss-reactive ketones (excluding diaryl/α,β-unsaturated/α-hetero) is 1. The van der Waals surface area contributed by atoms with Gasteiger partial charge in [0.15, 0.2) is 5.78 Å². The summed E-state index contributed by atoms with van der Waals surface area (Å²) in [5, 5.41) is 3.99. The predicted molar refractivity (Wildman–Crippen MR) is 109 cm³/mol. The van der Waals surface area contributed by atoms with E-state index in [1.807, 2.05) is 10.4 Å². The van der Waals surface area contributed by atoms with E-state index in [4.69, 9.17) is 4.52 Å². The normalized spacial score (nSPS) is 37.3. The van der Waals surface area contributed by atoms with Crippen molar-refractivity contribution in [3.05, 3.63) is 17.5 Å². The van der Waals surface area contributed by atoms with Gasteiger partial charge in [0, 0.05) is 55.7 Å². The van der Waals surface area contributed by atoms with Crippen molar-refractivity contribution in [2.45, 2.75) is 81.5 Å². The van der Waals surface area contributed by atoms with E-state index in [0.29, 0.717) is 30.6 Å². The van der Waals surface area contributed by atoms with Gasteiger partial charge in [-0.1, -0.05) is 5.16 Å². The zero-order valence-electron chi connectivity index (χ0n) is 17.4. The second-order valence-corrected chi connectivity index (χ2v) is 11.9. The van der Waals surface area contributed by atoms with E-state index in [9.17, 15) is 13.2 Å². The maximum absolute atomic E-state index is 13.5. The molecule has 5 heterocycles. The molecule has 4 aliphatic heterocycles. The van der Waals surface area contributed by atoms with Crippen LogP contribution in [0, 0.1) is 5.92 Å². The summed E-state index contributed by atoms with van der Waals surface area (Å²) in [6.45, 7) is 1.46. The number of rotatable bonds is 6. The lowest BCUT2D eigenvalue weighted by molar-refractivity contribution is 0.0911. The summed E-state index contributed by atoms with van der Waals surface area (Å²) in [4.78, 5) is 15.0. The van der Waals surface area contributed by atoms with Gasteiger partial charge in [0.2, 0.25) is 0 Å². The van der Waals surface area contributed by atoms with Crippen LogP contribution in [0.3, 0.4) is 0 Å². The molecule has 1 aromatic heterocycles. The van der Waals surface area contributed by atoms with Crippen molar-refractivity contribution < 1.29 is 17.7 Å². The van der Waals surface area contributed by atoms with Crippen molar-refractivity contribution in [3.8, 4) is 0 Å². The molecule has 4 bridgehead atoms. The quantitative estimate of drug-likeness (QED) is 0.637. The Bertz CT molecular complexity index is 942. The van der Waals surface area contributed by atoms with Crippen LogP contribution in [0.2, 0.25) is 0 Å². The van der Waals surface area contributed by atoms with Crippen LogP contribution in [0.25, 0.3) is 0 Å². The zero-order chi connectivity index (χ0) is 20.6. The maximum Gasteiger partial charge on any atom is 0.282 e. The van der Waals surface area contributed by atoms with Crippen LogP contribution in [0.5, 0.6) is 0 Å². The highest BCUT2D eigenvalue weighted by atomic mass is 32.2. The van der Waals surface area contributed by atoms with E-state index in [0.717, 1.165) is 57.3 Å². The van der Waals surface area contributed by atoms with E-state index in [-0.39, 0.29) is 29.8 Å². The molecule has 1 aromatic rings. The second-order valence-electron chi connectivity index (χ2n) is 10.1. The van der Waals surface area contributed by atoms with Gasteiger partial charge in [0.25, 0.3) is 10.2 Å². The fourth-order valence-electron chi connectivity index (χ4n) is 6.37. The summed E-state index contributed by atoms with van der Waals surface area (Å²) in [7, 11) is -1.34. The van der Waals surface area contributed by atoms with E-state index in [1.165, 1.54) is 0 Å². The van der Waals surface area contributed by atoms with Crippen molar-refractivity contribution in [2.24, 2.45) is 5.92 Å². The molecule has 1 saturated carbocycles. The number of likely N-dealkylation sites (tertiary alicyclic amines) is 1. The molecule has 8 nitrogen and oxygen atoms in total. The Morgan fingerprint density at radius 3 is 2.40 bits per heavy atom. The number of nitrogens with zero attached hydrogens (tertiary/aromatic N) is 4. The number of hydrogen-bond acceptors (Lipinski definition) is 6. The molecule has 164 valence electrons. The van der Waals surface area contributed by atoms with Gasteiger partial charge in [-0.05, 0) is 57.9 Å². The van der Waals surface area contributed by atoms with Crippen molar-refractivity contribution in [1.29, 1.82) is 0 Å². The summed E-state index contributed by atoms with van der Waals surface area (Å²) in [5.74, 6) is 1.55. The van der Waals surface area contributed by atoms with Crippen molar-refractivity contribution in [1.82, 2.24) is 18.7 Å². The number of ketones is 1. The molecule has 1 aliphatic carbocycles. The Balaban J connectivity index is 1.13. The molecule has 0 radical (unpaired) electrons. The summed E-state index contributed by atoms with van der Waals surface area (Å²) >= 11 is 0. The molecular weight excluding hydrogens is 404 g/mol. The first-order chi connectivity index (χ1) is 14.4. The van der Waals surface area contributed by atoms with Gasteiger partial charge in [-0.2, -0.15) is 17.0 Å². The number of fused-ring (bicyclic) bond motifs is 4. The van der Waals surface area contributed by atoms with Crippen LogP contribution in [0.1, 0.15) is 73.5 Å². The van der Waals surface area contributed by atoms with Crippen LogP contribution >= 0.6 is 0 Å². The highest BCUT2D eigenvalue weighted by Gasteiger charge is 2.54. The van der Waals surface area contributed by atoms with Crippen molar-refractivity contribution >= 4 is 16.0 Å². The Hall–Kier alpha value is -1.29. The molecule has 30 heavy (non-hydrogen) atoms. The fraction of sp³-hybridized carbons (Fsp3) is 0.810. The van der Waals surface area contributed by atoms with E-state index >= 15 is 0 Å². The molecule has 5 aliphatic rings. The first-order valence-electron chi connectivity index (χ1n) is 11.4. The second kappa shape index (κ2) is 6.85. The lowest BCUT2D eigenvalue weighted by Crippen LogP contribution is -2.56. The van der Waals surface area contributed by atoms with E-state index in [1.54, 1.807) is 4.31 Å². The summed E-state index contributed by atoms with van der Waals surface area (Å²) in [5.41, 5.74) is 0.441. The average molecular weight is 435 g/mol. The highest BCUT2D eigenvalue weighted by Crippen LogP contribution is 2.45. The van der Waals surface area contributed by atoms with Crippen molar-refractivity contribution in [2.75, 3.05) is 20.1 Å². The lowest BCUT2D eigenvalue weighted by atomic mass is 9.87. The molecule has 4 saturated heterocycles. The fourth-order valence-corrected chi connectivity index (χ4v) is 8.64. The summed E-state index contributed by atoms with van der Waals surface area (Å²) < 4.78 is 35.9. The van der Waals surface area contributed by atoms with Crippen LogP contribution < -0.4 is 0 Å². The topological polar surface area (TPSA) is 87.0 Å². The third-order valence-corrected chi connectivity index (χ3v) is 10.2. The monoisotopic (exact) mass is 434 g/mol. The molecular formula is C21H30N4O4S. The largest absolute Gasteiger partial charge is 0.360 e. The van der Waals surface area contributed by atoms with Crippen LogP contribution in [0.15, 0.2) is 10.6 Å². The number of hydrogen-bond donors (Lipinski definition) is 0. The van der Waals surface area contributed by atoms with Gasteiger partial charge in [-0.25, -0.2) is 0 Å². The van der Waals surface area contributed by atoms with Gasteiger partial charge in [0.05, 0.1) is 0 Å². The first kappa shape index (κ1) is 19.4. The Morgan fingerprint density at radius 1 is 1.07 bits per heavy atom. The molecule has 5 atom stereocenters. The Morgan fingerprint density at radius 2 is 1.80 bits per heavy atom. The minimum atomic E-state index is -3.43. The maximum atomic E-state index is 13.5. The Labute approximate surface area is 177 Å². The van der Waals surface area contributed by atoms with Gasteiger partial charge >= 0.3 is 0 Å². The number of likely N-dealkylation sites (N-methyl/N-ethyl adjacent to an activating group) is 1.